The number of nitrogens with two attached hydrogens (primary N) is 1. The number of sulfonamides is 1. The molecule has 252 valence electrons. The molecule has 1 aliphatic rings. The summed E-state index contributed by atoms with van der Waals surface area (Å²) in [6, 6.07) is 17.1. The van der Waals surface area contributed by atoms with E-state index >= 15 is 0 Å². The zero-order chi connectivity index (χ0) is 33.6. The number of nitrogens with one attached hydrogen (secondary N) is 5. The number of amidine groups is 1. The molecule has 0 radical (unpaired) electrons. The van der Waals surface area contributed by atoms with Crippen LogP contribution in [0.5, 0.6) is 0 Å². The summed E-state index contributed by atoms with van der Waals surface area (Å²) in [6.45, 7) is 2.03. The lowest BCUT2D eigenvalue weighted by molar-refractivity contribution is -0.605. The molecule has 2 aromatic carbocycles. The maximum absolute atomic E-state index is 13.8. The van der Waals surface area contributed by atoms with Crippen molar-refractivity contribution in [2.24, 2.45) is 11.7 Å². The van der Waals surface area contributed by atoms with E-state index < -0.39 is 28.0 Å². The van der Waals surface area contributed by atoms with E-state index in [4.69, 9.17) is 11.1 Å². The Morgan fingerprint density at radius 2 is 1.60 bits per heavy atom. The number of carbonyl (C=O) groups excluding carboxylic acids is 2. The normalized spacial score (nSPS) is 15.0. The van der Waals surface area contributed by atoms with E-state index in [0.717, 1.165) is 43.5 Å². The molecule has 2 heterocycles. The highest BCUT2D eigenvalue weighted by molar-refractivity contribution is 7.88. The van der Waals surface area contributed by atoms with Crippen LogP contribution in [-0.4, -0.2) is 51.2 Å². The molecule has 1 aliphatic heterocycles. The van der Waals surface area contributed by atoms with Crippen molar-refractivity contribution in [1.29, 1.82) is 5.41 Å². The second kappa shape index (κ2) is 17.5. The van der Waals surface area contributed by atoms with E-state index in [1.807, 2.05) is 0 Å². The molecule has 12 nitrogen and oxygen atoms in total. The standard InChI is InChI=1S/C34H45N7O5S/c35-32(36)29-12-9-27(10-13-29)23-38-33(42)30(14-11-26-15-19-37-20-16-26)39-34(43)31(8-4-7-25-17-21-41(44)22-18-25)40-47(45,46)24-28-5-2-1-3-6-28/h1-3,5-6,9-10,12-13,17-18,21-22,26,30-31,37,40H,4,7-8,11,14-16,19-20,23-24H2,(H3,35,36)(H,38,42)(H,39,43)/t30-,31+/m0/s1. The van der Waals surface area contributed by atoms with Crippen molar-refractivity contribution in [3.8, 4) is 0 Å². The summed E-state index contributed by atoms with van der Waals surface area (Å²) in [7, 11) is -3.91. The van der Waals surface area contributed by atoms with Gasteiger partial charge in [0, 0.05) is 24.2 Å². The zero-order valence-corrected chi connectivity index (χ0v) is 27.3. The quantitative estimate of drug-likeness (QED) is 0.0550. The topological polar surface area (TPSA) is 193 Å². The molecule has 0 bridgehead atoms. The molecule has 0 saturated carbocycles. The third-order valence-electron chi connectivity index (χ3n) is 8.35. The monoisotopic (exact) mass is 663 g/mol. The van der Waals surface area contributed by atoms with Crippen LogP contribution in [0.4, 0.5) is 0 Å². The van der Waals surface area contributed by atoms with E-state index in [-0.39, 0.29) is 30.5 Å². The number of benzene rings is 2. The fourth-order valence-electron chi connectivity index (χ4n) is 5.64. The lowest BCUT2D eigenvalue weighted by Crippen LogP contribution is -2.53. The lowest BCUT2D eigenvalue weighted by Gasteiger charge is -2.26. The highest BCUT2D eigenvalue weighted by Gasteiger charge is 2.29. The number of amides is 2. The summed E-state index contributed by atoms with van der Waals surface area (Å²) < 4.78 is 29.7. The Labute approximate surface area is 276 Å². The van der Waals surface area contributed by atoms with Crippen LogP contribution in [0.2, 0.25) is 0 Å². The summed E-state index contributed by atoms with van der Waals surface area (Å²) >= 11 is 0. The second-order valence-corrected chi connectivity index (χ2v) is 13.8. The van der Waals surface area contributed by atoms with Gasteiger partial charge in [-0.05, 0) is 80.6 Å². The molecule has 0 unspecified atom stereocenters. The van der Waals surface area contributed by atoms with Crippen LogP contribution in [0.1, 0.15) is 60.8 Å². The Hall–Kier alpha value is -4.33. The predicted molar refractivity (Wildman–Crippen MR) is 180 cm³/mol. The van der Waals surface area contributed by atoms with E-state index in [0.29, 0.717) is 41.0 Å². The molecule has 1 saturated heterocycles. The number of piperidine rings is 1. The number of carbonyl (C=O) groups is 2. The van der Waals surface area contributed by atoms with Crippen molar-refractivity contribution < 1.29 is 22.7 Å². The fraction of sp³-hybridized carbons (Fsp3) is 0.412. The minimum Gasteiger partial charge on any atom is -0.619 e. The van der Waals surface area contributed by atoms with Crippen LogP contribution in [0, 0.1) is 16.5 Å². The van der Waals surface area contributed by atoms with Gasteiger partial charge in [-0.3, -0.25) is 15.0 Å². The van der Waals surface area contributed by atoms with Crippen molar-refractivity contribution in [3.63, 3.8) is 0 Å². The summed E-state index contributed by atoms with van der Waals surface area (Å²) in [5.41, 5.74) is 8.41. The Bertz CT molecular complexity index is 1560. The minimum absolute atomic E-state index is 0.0467. The molecule has 2 amide bonds. The molecule has 4 rings (SSSR count). The summed E-state index contributed by atoms with van der Waals surface area (Å²) in [4.78, 5) is 27.3. The third-order valence-corrected chi connectivity index (χ3v) is 9.71. The fourth-order valence-corrected chi connectivity index (χ4v) is 7.02. The number of nitrogen functional groups attached to an aromatic ring is 1. The lowest BCUT2D eigenvalue weighted by atomic mass is 9.91. The molecule has 0 spiro atoms. The van der Waals surface area contributed by atoms with Gasteiger partial charge in [-0.2, -0.15) is 4.73 Å². The van der Waals surface area contributed by atoms with Gasteiger partial charge in [0.15, 0.2) is 12.4 Å². The highest BCUT2D eigenvalue weighted by atomic mass is 32.2. The first-order valence-corrected chi connectivity index (χ1v) is 17.7. The number of hydrogen-bond acceptors (Lipinski definition) is 7. The first-order chi connectivity index (χ1) is 22.6. The third kappa shape index (κ3) is 12.1. The van der Waals surface area contributed by atoms with Gasteiger partial charge in [-0.25, -0.2) is 13.1 Å². The van der Waals surface area contributed by atoms with Gasteiger partial charge < -0.3 is 26.9 Å². The van der Waals surface area contributed by atoms with Crippen molar-refractivity contribution in [3.05, 3.63) is 107 Å². The van der Waals surface area contributed by atoms with E-state index in [1.54, 1.807) is 66.7 Å². The number of rotatable bonds is 17. The molecule has 2 atom stereocenters. The van der Waals surface area contributed by atoms with Crippen LogP contribution < -0.4 is 31.1 Å². The van der Waals surface area contributed by atoms with Crippen LogP contribution in [0.3, 0.4) is 0 Å². The average Bonchev–Trinajstić information content (AvgIpc) is 3.06. The van der Waals surface area contributed by atoms with Gasteiger partial charge in [0.05, 0.1) is 5.75 Å². The number of hydrogen-bond donors (Lipinski definition) is 6. The van der Waals surface area contributed by atoms with E-state index in [1.165, 1.54) is 12.4 Å². The van der Waals surface area contributed by atoms with Gasteiger partial charge >= 0.3 is 0 Å². The number of aryl methyl sites for hydroxylation is 1. The molecular formula is C34H45N7O5S. The van der Waals surface area contributed by atoms with Gasteiger partial charge in [-0.1, -0.05) is 54.6 Å². The molecule has 47 heavy (non-hydrogen) atoms. The average molecular weight is 664 g/mol. The maximum atomic E-state index is 13.8. The molecule has 1 aromatic heterocycles. The van der Waals surface area contributed by atoms with Crippen molar-refractivity contribution in [1.82, 2.24) is 20.7 Å². The van der Waals surface area contributed by atoms with Gasteiger partial charge in [0.1, 0.15) is 17.9 Å². The summed E-state index contributed by atoms with van der Waals surface area (Å²) in [6.07, 6.45) is 7.11. The van der Waals surface area contributed by atoms with Crippen molar-refractivity contribution in [2.45, 2.75) is 69.3 Å². The SMILES string of the molecule is N=C(N)c1ccc(CNC(=O)[C@H](CCC2CCNCC2)NC(=O)[C@@H](CCCc2cc[n+]([O-])cc2)NS(=O)(=O)Cc2ccccc2)cc1. The predicted octanol–water partition coefficient (Wildman–Crippen LogP) is 2.00. The van der Waals surface area contributed by atoms with Gasteiger partial charge in [-0.15, -0.1) is 0 Å². The smallest absolute Gasteiger partial charge is 0.242 e. The molecule has 1 fully saturated rings. The minimum atomic E-state index is -3.91. The Balaban J connectivity index is 1.47. The first-order valence-electron chi connectivity index (χ1n) is 16.0. The molecular weight excluding hydrogens is 618 g/mol. The number of pyridine rings is 1. The summed E-state index contributed by atoms with van der Waals surface area (Å²) in [5.74, 6) is -0.842. The van der Waals surface area contributed by atoms with Crippen molar-refractivity contribution >= 4 is 27.7 Å². The van der Waals surface area contributed by atoms with Crippen LogP contribution in [0.25, 0.3) is 0 Å². The van der Waals surface area contributed by atoms with E-state index in [2.05, 4.69) is 20.7 Å². The molecule has 7 N–H and O–H groups in total. The first kappa shape index (κ1) is 35.5. The van der Waals surface area contributed by atoms with Crippen LogP contribution in [0.15, 0.2) is 79.1 Å². The number of aromatic nitrogens is 1. The highest BCUT2D eigenvalue weighted by Crippen LogP contribution is 2.19. The number of nitrogens with zero attached hydrogens (tertiary/aromatic N) is 1. The largest absolute Gasteiger partial charge is 0.619 e. The zero-order valence-electron chi connectivity index (χ0n) is 26.5. The summed E-state index contributed by atoms with van der Waals surface area (Å²) in [5, 5.41) is 28.1. The molecule has 3 aromatic rings. The van der Waals surface area contributed by atoms with Crippen LogP contribution in [-0.2, 0) is 38.3 Å². The Kier molecular flexibility index (Phi) is 13.3. The van der Waals surface area contributed by atoms with E-state index in [9.17, 15) is 23.2 Å². The molecule has 13 heteroatoms. The Morgan fingerprint density at radius 1 is 0.915 bits per heavy atom. The van der Waals surface area contributed by atoms with Gasteiger partial charge in [0.25, 0.3) is 0 Å². The van der Waals surface area contributed by atoms with Crippen LogP contribution >= 0.6 is 0 Å². The van der Waals surface area contributed by atoms with Crippen molar-refractivity contribution in [2.75, 3.05) is 13.1 Å². The van der Waals surface area contributed by atoms with Gasteiger partial charge in [0.2, 0.25) is 21.8 Å². The second-order valence-electron chi connectivity index (χ2n) is 12.0. The maximum Gasteiger partial charge on any atom is 0.242 e. The molecule has 0 aliphatic carbocycles. The Morgan fingerprint density at radius 3 is 2.26 bits per heavy atom.